The van der Waals surface area contributed by atoms with Gasteiger partial charge < -0.3 is 16.4 Å². The topological polar surface area (TPSA) is 109 Å². The Labute approximate surface area is 187 Å². The number of benzene rings is 1. The van der Waals surface area contributed by atoms with E-state index in [1.165, 1.54) is 0 Å². The third kappa shape index (κ3) is 3.37. The van der Waals surface area contributed by atoms with Gasteiger partial charge in [0.15, 0.2) is 11.5 Å². The molecule has 1 atom stereocenters. The molecule has 2 aromatic rings. The van der Waals surface area contributed by atoms with Gasteiger partial charge in [-0.05, 0) is 31.4 Å². The summed E-state index contributed by atoms with van der Waals surface area (Å²) in [6, 6.07) is 7.71. The van der Waals surface area contributed by atoms with Crippen molar-refractivity contribution in [3.05, 3.63) is 35.5 Å². The van der Waals surface area contributed by atoms with Crippen molar-refractivity contribution >= 4 is 29.3 Å². The van der Waals surface area contributed by atoms with Crippen molar-refractivity contribution in [1.29, 1.82) is 0 Å². The summed E-state index contributed by atoms with van der Waals surface area (Å²) in [5, 5.41) is 0. The Kier molecular flexibility index (Phi) is 5.23. The Bertz CT molecular complexity index is 1140. The molecule has 1 fully saturated rings. The predicted molar refractivity (Wildman–Crippen MR) is 125 cm³/mol. The van der Waals surface area contributed by atoms with Gasteiger partial charge in [0, 0.05) is 31.4 Å². The molecule has 4 N–H and O–H groups in total. The molecule has 1 aromatic carbocycles. The van der Waals surface area contributed by atoms with Crippen molar-refractivity contribution in [2.24, 2.45) is 10.7 Å². The number of para-hydroxylation sites is 1. The lowest BCUT2D eigenvalue weighted by Gasteiger charge is -2.34. The number of nitrogens with two attached hydrogens (primary N) is 2. The zero-order valence-electron chi connectivity index (χ0n) is 18.3. The number of nitrogens with zero attached hydrogens (tertiary/aromatic N) is 6. The molecule has 0 saturated carbocycles. The zero-order chi connectivity index (χ0) is 22.2. The first-order valence-corrected chi connectivity index (χ1v) is 11.1. The quantitative estimate of drug-likeness (QED) is 0.556. The minimum atomic E-state index is -0.127. The summed E-state index contributed by atoms with van der Waals surface area (Å²) in [6.45, 7) is 5.44. The van der Waals surface area contributed by atoms with E-state index in [-0.39, 0.29) is 11.9 Å². The molecular weight excluding hydrogens is 404 g/mol. The molecule has 9 nitrogen and oxygen atoms in total. The van der Waals surface area contributed by atoms with Crippen LogP contribution in [0.25, 0.3) is 0 Å². The number of fused-ring (bicyclic) bond motifs is 3. The average Bonchev–Trinajstić information content (AvgIpc) is 3.41. The van der Waals surface area contributed by atoms with Gasteiger partial charge in [-0.1, -0.05) is 24.1 Å². The van der Waals surface area contributed by atoms with Gasteiger partial charge in [0.2, 0.25) is 11.9 Å². The fourth-order valence-corrected chi connectivity index (χ4v) is 4.65. The number of nitrogen functional groups attached to an aromatic ring is 1. The highest BCUT2D eigenvalue weighted by Crippen LogP contribution is 2.35. The summed E-state index contributed by atoms with van der Waals surface area (Å²) >= 11 is 0. The number of hydrogen-bond donors (Lipinski definition) is 2. The molecule has 166 valence electrons. The van der Waals surface area contributed by atoms with Crippen molar-refractivity contribution in [1.82, 2.24) is 14.5 Å². The Balaban J connectivity index is 1.60. The van der Waals surface area contributed by atoms with E-state index in [9.17, 15) is 4.79 Å². The second-order valence-corrected chi connectivity index (χ2v) is 8.37. The summed E-state index contributed by atoms with van der Waals surface area (Å²) < 4.78 is 1.95. The van der Waals surface area contributed by atoms with Crippen molar-refractivity contribution in [2.75, 3.05) is 41.7 Å². The molecule has 0 radical (unpaired) electrons. The third-order valence-electron chi connectivity index (χ3n) is 6.23. The van der Waals surface area contributed by atoms with Crippen LogP contribution in [-0.4, -0.2) is 58.5 Å². The van der Waals surface area contributed by atoms with Crippen LogP contribution in [0.15, 0.2) is 29.3 Å². The Morgan fingerprint density at radius 1 is 1.25 bits per heavy atom. The lowest BCUT2D eigenvalue weighted by Crippen LogP contribution is -2.50. The first kappa shape index (κ1) is 20.4. The number of anilines is 3. The van der Waals surface area contributed by atoms with E-state index in [4.69, 9.17) is 16.5 Å². The van der Waals surface area contributed by atoms with Gasteiger partial charge in [-0.3, -0.25) is 24.2 Å². The molecule has 1 aromatic heterocycles. The van der Waals surface area contributed by atoms with Crippen LogP contribution in [0.1, 0.15) is 35.8 Å². The lowest BCUT2D eigenvalue weighted by molar-refractivity contribution is 0.0824. The number of hydrogen-bond acceptors (Lipinski definition) is 7. The minimum Gasteiger partial charge on any atom is -0.398 e. The number of piperidine rings is 1. The molecule has 3 aliphatic rings. The van der Waals surface area contributed by atoms with Crippen LogP contribution in [0, 0.1) is 11.8 Å². The van der Waals surface area contributed by atoms with Gasteiger partial charge in [0.1, 0.15) is 0 Å². The molecule has 0 bridgehead atoms. The van der Waals surface area contributed by atoms with E-state index < -0.39 is 0 Å². The van der Waals surface area contributed by atoms with Crippen molar-refractivity contribution < 1.29 is 4.79 Å². The third-order valence-corrected chi connectivity index (χ3v) is 6.23. The summed E-state index contributed by atoms with van der Waals surface area (Å²) in [6.07, 6.45) is 2.00. The van der Waals surface area contributed by atoms with Gasteiger partial charge in [-0.2, -0.15) is 4.98 Å². The van der Waals surface area contributed by atoms with Gasteiger partial charge in [-0.15, -0.1) is 5.92 Å². The van der Waals surface area contributed by atoms with E-state index >= 15 is 0 Å². The maximum absolute atomic E-state index is 13.8. The Morgan fingerprint density at radius 2 is 2.09 bits per heavy atom. The fraction of sp³-hybridized carbons (Fsp3) is 0.435. The highest BCUT2D eigenvalue weighted by molar-refractivity contribution is 6.18. The maximum atomic E-state index is 13.8. The minimum absolute atomic E-state index is 0.0975. The number of rotatable bonds is 4. The van der Waals surface area contributed by atoms with E-state index in [1.54, 1.807) is 11.8 Å². The molecule has 9 heteroatoms. The van der Waals surface area contributed by atoms with Crippen molar-refractivity contribution in [3.8, 4) is 11.8 Å². The van der Waals surface area contributed by atoms with Crippen molar-refractivity contribution in [3.63, 3.8) is 0 Å². The number of carbonyl (C=O) groups excluding carboxylic acids is 1. The Hall–Kier alpha value is -3.51. The van der Waals surface area contributed by atoms with Crippen LogP contribution in [0.3, 0.4) is 0 Å². The number of guanidine groups is 1. The predicted octanol–water partition coefficient (Wildman–Crippen LogP) is 1.25. The molecule has 0 spiro atoms. The molecular formula is C23H28N8O. The number of carbonyl (C=O) groups is 1. The number of aliphatic imine (C=N–C) groups is 1. The van der Waals surface area contributed by atoms with E-state index in [0.29, 0.717) is 49.3 Å². The largest absolute Gasteiger partial charge is 0.398 e. The molecule has 3 aliphatic heterocycles. The fourth-order valence-electron chi connectivity index (χ4n) is 4.65. The highest BCUT2D eigenvalue weighted by Gasteiger charge is 2.42. The van der Waals surface area contributed by atoms with Gasteiger partial charge in [0.25, 0.3) is 5.91 Å². The van der Waals surface area contributed by atoms with E-state index in [2.05, 4.69) is 21.7 Å². The summed E-state index contributed by atoms with van der Waals surface area (Å²) in [5.74, 6) is 8.00. The normalized spacial score (nSPS) is 19.9. The number of imidazole rings is 1. The van der Waals surface area contributed by atoms with Crippen molar-refractivity contribution in [2.45, 2.75) is 38.9 Å². The van der Waals surface area contributed by atoms with Crippen LogP contribution >= 0.6 is 0 Å². The van der Waals surface area contributed by atoms with E-state index in [1.807, 2.05) is 33.7 Å². The molecule has 1 amide bonds. The average molecular weight is 433 g/mol. The first-order valence-electron chi connectivity index (χ1n) is 11.1. The Morgan fingerprint density at radius 3 is 2.88 bits per heavy atom. The number of amides is 1. The summed E-state index contributed by atoms with van der Waals surface area (Å²) in [4.78, 5) is 29.4. The van der Waals surface area contributed by atoms with Crippen LogP contribution in [-0.2, 0) is 13.1 Å². The van der Waals surface area contributed by atoms with Crippen LogP contribution in [0.2, 0.25) is 0 Å². The monoisotopic (exact) mass is 432 g/mol. The highest BCUT2D eigenvalue weighted by atomic mass is 16.2. The molecule has 5 rings (SSSR count). The number of aromatic nitrogens is 2. The summed E-state index contributed by atoms with van der Waals surface area (Å²) in [5.41, 5.74) is 14.5. The van der Waals surface area contributed by atoms with Crippen LogP contribution in [0.5, 0.6) is 0 Å². The smallest absolute Gasteiger partial charge is 0.281 e. The maximum Gasteiger partial charge on any atom is 0.281 e. The summed E-state index contributed by atoms with van der Waals surface area (Å²) in [7, 11) is 0. The second kappa shape index (κ2) is 8.20. The standard InChI is InChI=1S/C23H28N8O/c1-2-3-12-29-19-20(27-23(29)28-11-6-8-17(24)15-28)30-13-10-26-22(30)31(21(19)32)14-16-7-4-5-9-18(16)25/h4-5,7,9,17H,6,8,10-15,24-25H2,1H3/t17-/m1/s1. The zero-order valence-corrected chi connectivity index (χ0v) is 18.3. The molecule has 32 heavy (non-hydrogen) atoms. The van der Waals surface area contributed by atoms with Gasteiger partial charge in [-0.25, -0.2) is 0 Å². The lowest BCUT2D eigenvalue weighted by atomic mass is 10.1. The second-order valence-electron chi connectivity index (χ2n) is 8.37. The van der Waals surface area contributed by atoms with E-state index in [0.717, 1.165) is 37.4 Å². The van der Waals surface area contributed by atoms with Crippen LogP contribution in [0.4, 0.5) is 17.5 Å². The van der Waals surface area contributed by atoms with Crippen LogP contribution < -0.4 is 21.3 Å². The van der Waals surface area contributed by atoms with Gasteiger partial charge in [0.05, 0.1) is 19.6 Å². The molecule has 4 heterocycles. The first-order chi connectivity index (χ1) is 15.6. The van der Waals surface area contributed by atoms with Gasteiger partial charge >= 0.3 is 0 Å². The molecule has 1 saturated heterocycles. The SMILES string of the molecule is CC#CCn1c(N2CCC[C@@H](N)C2)nc2c1C(=O)N(Cc1ccccc1N)C1=NCCN12. The molecule has 0 aliphatic carbocycles. The molecule has 0 unspecified atom stereocenters.